The monoisotopic (exact) mass is 546 g/mol. The number of hydrogen-bond donors (Lipinski definition) is 3. The fourth-order valence-corrected chi connectivity index (χ4v) is 6.86. The van der Waals surface area contributed by atoms with E-state index in [2.05, 4.69) is 16.4 Å². The Hall–Kier alpha value is -1.42. The fraction of sp³-hybridized carbons (Fsp3) is 0.619. The van der Waals surface area contributed by atoms with Gasteiger partial charge in [0.25, 0.3) is 0 Å². The van der Waals surface area contributed by atoms with Gasteiger partial charge >= 0.3 is 7.60 Å². The zero-order valence-electron chi connectivity index (χ0n) is 18.9. The van der Waals surface area contributed by atoms with Crippen LogP contribution in [0.2, 0.25) is 5.15 Å². The number of nitriles is 1. The molecule has 3 aliphatic rings. The molecule has 5 rings (SSSR count). The SMILES string of the molecule is CC1(C)O[C@@H]2[C@H](O1)[C@@H](CSCP(=O)(O)O)O[C@H]2n1ccc2c(NC3CC(F)C3)c(C#N)c(Cl)nc21. The number of nitrogens with one attached hydrogen (secondary N) is 1. The largest absolute Gasteiger partial charge is 0.380 e. The second-order valence-electron chi connectivity index (χ2n) is 9.43. The maximum Gasteiger partial charge on any atom is 0.335 e. The quantitative estimate of drug-likeness (QED) is 0.347. The van der Waals surface area contributed by atoms with Crippen LogP contribution >= 0.6 is 31.0 Å². The summed E-state index contributed by atoms with van der Waals surface area (Å²) in [6.07, 6.45) is -0.476. The van der Waals surface area contributed by atoms with Crippen LogP contribution in [-0.4, -0.2) is 66.9 Å². The highest BCUT2D eigenvalue weighted by atomic mass is 35.5. The third kappa shape index (κ3) is 4.93. The van der Waals surface area contributed by atoms with Crippen molar-refractivity contribution in [1.82, 2.24) is 9.55 Å². The van der Waals surface area contributed by atoms with Crippen LogP contribution in [0.25, 0.3) is 11.0 Å². The standard InChI is InChI=1S/C21H25ClFN4O6PS/c1-21(2)32-16-14(8-35-9-34(28,29)30)31-20(17(16)33-21)27-4-3-12-15(25-11-5-10(23)6-11)13(7-24)18(22)26-19(12)27/h3-4,10-11,14,16-17,20H,5-6,8-9H2,1-2H3,(H,25,26)(H2,28,29,30)/t10?,11?,14-,16-,17-,20-/m1/s1. The lowest BCUT2D eigenvalue weighted by atomic mass is 9.90. The van der Waals surface area contributed by atoms with Gasteiger partial charge in [-0.3, -0.25) is 4.57 Å². The minimum absolute atomic E-state index is 0.0192. The normalized spacial score (nSPS) is 31.8. The average Bonchev–Trinajstić information content (AvgIpc) is 3.37. The van der Waals surface area contributed by atoms with E-state index in [1.165, 1.54) is 0 Å². The number of nitrogens with zero attached hydrogens (tertiary/aromatic N) is 3. The summed E-state index contributed by atoms with van der Waals surface area (Å²) in [5, 5.41) is 13.6. The van der Waals surface area contributed by atoms with Gasteiger partial charge < -0.3 is 33.9 Å². The van der Waals surface area contributed by atoms with E-state index in [1.54, 1.807) is 30.7 Å². The molecule has 4 atom stereocenters. The Bertz CT molecular complexity index is 1230. The molecule has 2 aliphatic heterocycles. The topological polar surface area (TPSA) is 139 Å². The molecule has 190 valence electrons. The van der Waals surface area contributed by atoms with Crippen LogP contribution < -0.4 is 5.32 Å². The van der Waals surface area contributed by atoms with Gasteiger partial charge in [0.15, 0.2) is 17.2 Å². The molecule has 35 heavy (non-hydrogen) atoms. The van der Waals surface area contributed by atoms with E-state index in [0.29, 0.717) is 35.3 Å². The highest BCUT2D eigenvalue weighted by molar-refractivity contribution is 8.04. The molecule has 10 nitrogen and oxygen atoms in total. The summed E-state index contributed by atoms with van der Waals surface area (Å²) in [7, 11) is -4.16. The average molecular weight is 547 g/mol. The number of hydrogen-bond acceptors (Lipinski definition) is 8. The van der Waals surface area contributed by atoms with Gasteiger partial charge in [0.05, 0.1) is 17.3 Å². The van der Waals surface area contributed by atoms with E-state index in [0.717, 1.165) is 11.8 Å². The van der Waals surface area contributed by atoms with Crippen LogP contribution in [0, 0.1) is 11.3 Å². The molecule has 2 aromatic heterocycles. The van der Waals surface area contributed by atoms with Crippen molar-refractivity contribution in [2.75, 3.05) is 16.6 Å². The molecule has 0 radical (unpaired) electrons. The summed E-state index contributed by atoms with van der Waals surface area (Å²) >= 11 is 7.47. The van der Waals surface area contributed by atoms with Crippen LogP contribution in [0.1, 0.15) is 38.5 Å². The van der Waals surface area contributed by atoms with E-state index < -0.39 is 44.1 Å². The number of halogens is 2. The molecule has 2 saturated heterocycles. The Labute approximate surface area is 210 Å². The van der Waals surface area contributed by atoms with Gasteiger partial charge in [0.1, 0.15) is 35.7 Å². The summed E-state index contributed by atoms with van der Waals surface area (Å²) in [5.74, 6) is -0.571. The van der Waals surface area contributed by atoms with Crippen molar-refractivity contribution in [3.05, 3.63) is 23.0 Å². The zero-order chi connectivity index (χ0) is 25.1. The van der Waals surface area contributed by atoms with Crippen molar-refractivity contribution in [2.45, 2.75) is 69.2 Å². The van der Waals surface area contributed by atoms with Gasteiger partial charge in [-0.1, -0.05) is 11.6 Å². The van der Waals surface area contributed by atoms with Gasteiger partial charge in [-0.05, 0) is 32.8 Å². The summed E-state index contributed by atoms with van der Waals surface area (Å²) in [6, 6.07) is 3.78. The van der Waals surface area contributed by atoms with Gasteiger partial charge in [-0.15, -0.1) is 11.8 Å². The first kappa shape index (κ1) is 25.2. The molecule has 0 aromatic carbocycles. The Balaban J connectivity index is 1.47. The lowest BCUT2D eigenvalue weighted by Crippen LogP contribution is -2.36. The molecule has 3 fully saturated rings. The molecule has 1 saturated carbocycles. The van der Waals surface area contributed by atoms with Gasteiger partial charge in [0, 0.05) is 23.4 Å². The van der Waals surface area contributed by atoms with Gasteiger partial charge in [-0.25, -0.2) is 9.37 Å². The molecule has 14 heteroatoms. The lowest BCUT2D eigenvalue weighted by molar-refractivity contribution is -0.193. The third-order valence-corrected chi connectivity index (χ3v) is 9.21. The van der Waals surface area contributed by atoms with E-state index in [9.17, 15) is 24.0 Å². The predicted molar refractivity (Wildman–Crippen MR) is 128 cm³/mol. The number of fused-ring (bicyclic) bond motifs is 2. The van der Waals surface area contributed by atoms with Crippen molar-refractivity contribution in [2.24, 2.45) is 0 Å². The number of rotatable bonds is 7. The van der Waals surface area contributed by atoms with Crippen molar-refractivity contribution in [1.29, 1.82) is 5.26 Å². The minimum atomic E-state index is -4.16. The van der Waals surface area contributed by atoms with Crippen molar-refractivity contribution in [3.63, 3.8) is 0 Å². The maximum atomic E-state index is 13.4. The molecule has 0 bridgehead atoms. The molecule has 0 spiro atoms. The number of pyridine rings is 1. The van der Waals surface area contributed by atoms with Crippen LogP contribution in [0.5, 0.6) is 0 Å². The van der Waals surface area contributed by atoms with Crippen molar-refractivity contribution >= 4 is 47.7 Å². The highest BCUT2D eigenvalue weighted by Gasteiger charge is 2.56. The lowest BCUT2D eigenvalue weighted by Gasteiger charge is -2.31. The van der Waals surface area contributed by atoms with Gasteiger partial charge in [0.2, 0.25) is 0 Å². The van der Waals surface area contributed by atoms with E-state index >= 15 is 0 Å². The fourth-order valence-electron chi connectivity index (χ4n) is 4.77. The summed E-state index contributed by atoms with van der Waals surface area (Å²) in [4.78, 5) is 22.8. The summed E-state index contributed by atoms with van der Waals surface area (Å²) in [5.41, 5.74) is 0.839. The number of aromatic nitrogens is 2. The second kappa shape index (κ2) is 9.15. The Kier molecular flexibility index (Phi) is 6.60. The van der Waals surface area contributed by atoms with Crippen LogP contribution in [-0.2, 0) is 18.8 Å². The molecular formula is C21H25ClFN4O6PS. The highest BCUT2D eigenvalue weighted by Crippen LogP contribution is 2.47. The number of thioether (sulfide) groups is 1. The van der Waals surface area contributed by atoms with E-state index in [4.69, 9.17) is 25.8 Å². The molecule has 3 N–H and O–H groups in total. The maximum absolute atomic E-state index is 13.4. The first-order valence-electron chi connectivity index (χ1n) is 11.1. The smallest absolute Gasteiger partial charge is 0.335 e. The first-order valence-corrected chi connectivity index (χ1v) is 14.4. The molecule has 0 unspecified atom stereocenters. The Morgan fingerprint density at radius 1 is 1.40 bits per heavy atom. The van der Waals surface area contributed by atoms with Crippen LogP contribution in [0.3, 0.4) is 0 Å². The molecular weight excluding hydrogens is 522 g/mol. The second-order valence-corrected chi connectivity index (χ2v) is 12.9. The van der Waals surface area contributed by atoms with Crippen molar-refractivity contribution in [3.8, 4) is 6.07 Å². The molecule has 1 aliphatic carbocycles. The van der Waals surface area contributed by atoms with Crippen LogP contribution in [0.4, 0.5) is 10.1 Å². The molecule has 4 heterocycles. The minimum Gasteiger partial charge on any atom is -0.380 e. The van der Waals surface area contributed by atoms with E-state index in [-0.39, 0.29) is 22.3 Å². The van der Waals surface area contributed by atoms with Crippen LogP contribution in [0.15, 0.2) is 12.3 Å². The Morgan fingerprint density at radius 2 is 2.11 bits per heavy atom. The first-order chi connectivity index (χ1) is 16.5. The van der Waals surface area contributed by atoms with Crippen molar-refractivity contribution < 1.29 is 33.0 Å². The number of anilines is 1. The molecule has 0 amide bonds. The molecule has 2 aromatic rings. The summed E-state index contributed by atoms with van der Waals surface area (Å²) in [6.45, 7) is 3.59. The number of alkyl halides is 1. The van der Waals surface area contributed by atoms with E-state index in [1.807, 2.05) is 0 Å². The zero-order valence-corrected chi connectivity index (χ0v) is 21.4. The summed E-state index contributed by atoms with van der Waals surface area (Å²) < 4.78 is 44.9. The number of ether oxygens (including phenoxy) is 3. The Morgan fingerprint density at radius 3 is 2.77 bits per heavy atom. The van der Waals surface area contributed by atoms with Gasteiger partial charge in [-0.2, -0.15) is 5.26 Å². The predicted octanol–water partition coefficient (Wildman–Crippen LogP) is 3.76. The third-order valence-electron chi connectivity index (χ3n) is 6.30.